The van der Waals surface area contributed by atoms with Crippen molar-refractivity contribution in [1.29, 1.82) is 0 Å². The van der Waals surface area contributed by atoms with E-state index in [4.69, 9.17) is 0 Å². The van der Waals surface area contributed by atoms with Gasteiger partial charge in [-0.3, -0.25) is 18.9 Å². The summed E-state index contributed by atoms with van der Waals surface area (Å²) >= 11 is 1.10. The molecule has 2 aromatic carbocycles. The summed E-state index contributed by atoms with van der Waals surface area (Å²) in [6.07, 6.45) is 2.31. The van der Waals surface area contributed by atoms with Gasteiger partial charge in [-0.05, 0) is 93.1 Å². The fraction of sp³-hybridized carbons (Fsp3) is 0.541. The van der Waals surface area contributed by atoms with Gasteiger partial charge in [-0.15, -0.1) is 11.3 Å². The first-order valence-electron chi connectivity index (χ1n) is 17.9. The Morgan fingerprint density at radius 3 is 2.50 bits per heavy atom. The highest BCUT2D eigenvalue weighted by molar-refractivity contribution is 7.51. The number of nitrogens with one attached hydrogen (secondary N) is 1. The van der Waals surface area contributed by atoms with Crippen LogP contribution in [0.4, 0.5) is 13.2 Å². The van der Waals surface area contributed by atoms with E-state index in [0.717, 1.165) is 30.6 Å². The van der Waals surface area contributed by atoms with Crippen LogP contribution in [0.5, 0.6) is 0 Å². The number of halogens is 3. The number of fused-ring (bicyclic) bond motifs is 2. The van der Waals surface area contributed by atoms with Crippen LogP contribution < -0.4 is 5.32 Å². The molecule has 1 unspecified atom stereocenters. The number of amides is 3. The molecule has 1 aromatic heterocycles. The molecule has 3 aromatic rings. The summed E-state index contributed by atoms with van der Waals surface area (Å²) in [7, 11) is -3.23. The molecule has 0 radical (unpaired) electrons. The van der Waals surface area contributed by atoms with E-state index in [1.807, 2.05) is 28.0 Å². The van der Waals surface area contributed by atoms with E-state index >= 15 is 0 Å². The van der Waals surface area contributed by atoms with Crippen molar-refractivity contribution in [3.63, 3.8) is 0 Å². The van der Waals surface area contributed by atoms with Crippen LogP contribution in [-0.4, -0.2) is 98.5 Å². The molecule has 3 N–H and O–H groups in total. The van der Waals surface area contributed by atoms with Gasteiger partial charge < -0.3 is 29.8 Å². The monoisotopic (exact) mass is 760 g/mol. The van der Waals surface area contributed by atoms with E-state index in [2.05, 4.69) is 17.4 Å². The predicted octanol–water partition coefficient (Wildman–Crippen LogP) is 6.19. The molecule has 15 heteroatoms. The number of carbonyl (C=O) groups is 3. The van der Waals surface area contributed by atoms with Crippen molar-refractivity contribution < 1.29 is 41.9 Å². The molecule has 4 aliphatic rings. The molecule has 0 bridgehead atoms. The summed E-state index contributed by atoms with van der Waals surface area (Å²) in [5, 5.41) is 3.33. The molecule has 3 aliphatic heterocycles. The van der Waals surface area contributed by atoms with Gasteiger partial charge in [0.15, 0.2) is 0 Å². The van der Waals surface area contributed by atoms with Crippen molar-refractivity contribution in [1.82, 2.24) is 20.0 Å². The Morgan fingerprint density at radius 1 is 1.06 bits per heavy atom. The summed E-state index contributed by atoms with van der Waals surface area (Å²) in [5.41, 5.74) is 0.776. The van der Waals surface area contributed by atoms with Crippen molar-refractivity contribution in [2.24, 2.45) is 0 Å². The lowest BCUT2D eigenvalue weighted by Crippen LogP contribution is -2.59. The Labute approximate surface area is 304 Å². The SMILES string of the molecule is CN(CCC(F)F)[C@H]1CCC(NC(=O)c2cc3cc([C@@H](F)P(=O)(O)O)ccc3s2)C(=O)N2[C@H](CC[C@H]2C(=O)N2C[C@H](c3ccccc3)CC23CC3)C1. The van der Waals surface area contributed by atoms with Crippen molar-refractivity contribution in [2.75, 3.05) is 20.1 Å². The number of carbonyl (C=O) groups excluding carboxylic acids is 3. The average Bonchev–Trinajstić information content (AvgIpc) is 3.41. The quantitative estimate of drug-likeness (QED) is 0.210. The van der Waals surface area contributed by atoms with Gasteiger partial charge in [0.25, 0.3) is 5.91 Å². The molecule has 3 saturated heterocycles. The lowest BCUT2D eigenvalue weighted by molar-refractivity contribution is -0.148. The molecule has 52 heavy (non-hydrogen) atoms. The second-order valence-electron chi connectivity index (χ2n) is 15.0. The fourth-order valence-electron chi connectivity index (χ4n) is 8.67. The highest BCUT2D eigenvalue weighted by Crippen LogP contribution is 2.55. The smallest absolute Gasteiger partial charge is 0.340 e. The Bertz CT molecular complexity index is 1870. The Hall–Kier alpha value is -3.29. The molecule has 1 saturated carbocycles. The third-order valence-electron chi connectivity index (χ3n) is 11.6. The van der Waals surface area contributed by atoms with Gasteiger partial charge in [0.2, 0.25) is 24.2 Å². The summed E-state index contributed by atoms with van der Waals surface area (Å²) in [5.74, 6) is -3.25. The van der Waals surface area contributed by atoms with Gasteiger partial charge in [-0.2, -0.15) is 0 Å². The standard InChI is InChI=1S/C37H44F3N4O6PS/c1-42(16-13-32(38)39)26-8-10-28(41-34(45)31-18-24-17-23(7-12-30(24)52-31)33(40)51(48,49)50)35(46)44-27(19-26)9-11-29(44)36(47)43-21-25(20-37(43)14-15-37)22-5-3-2-4-6-22/h2-7,12,17-18,25-29,32-33H,8-11,13-16,19-21H2,1H3,(H,41,45)(H2,48,49,50)/t25-,26+,27-,28?,29+,33+/m1/s1. The Morgan fingerprint density at radius 2 is 1.81 bits per heavy atom. The highest BCUT2D eigenvalue weighted by Gasteiger charge is 2.58. The van der Waals surface area contributed by atoms with Gasteiger partial charge in [-0.25, -0.2) is 13.2 Å². The first-order chi connectivity index (χ1) is 24.7. The molecule has 1 aliphatic carbocycles. The first kappa shape index (κ1) is 37.0. The zero-order valence-electron chi connectivity index (χ0n) is 28.9. The van der Waals surface area contributed by atoms with E-state index in [9.17, 15) is 41.9 Å². The number of nitrogens with zero attached hydrogens (tertiary/aromatic N) is 3. The number of benzene rings is 2. The molecule has 3 amide bonds. The van der Waals surface area contributed by atoms with Crippen molar-refractivity contribution in [2.45, 2.75) is 106 Å². The summed E-state index contributed by atoms with van der Waals surface area (Å²) < 4.78 is 52.9. The van der Waals surface area contributed by atoms with Crippen LogP contribution in [0.1, 0.15) is 90.4 Å². The predicted molar refractivity (Wildman–Crippen MR) is 191 cm³/mol. The van der Waals surface area contributed by atoms with Crippen molar-refractivity contribution >= 4 is 46.7 Å². The number of likely N-dealkylation sites (tertiary alicyclic amines) is 1. The number of hydrogen-bond acceptors (Lipinski definition) is 6. The van der Waals surface area contributed by atoms with E-state index in [-0.39, 0.29) is 65.2 Å². The van der Waals surface area contributed by atoms with Crippen LogP contribution in [0.25, 0.3) is 10.1 Å². The highest BCUT2D eigenvalue weighted by atomic mass is 32.1. The molecule has 7 rings (SSSR count). The second kappa shape index (κ2) is 14.5. The number of thiophene rings is 1. The lowest BCUT2D eigenvalue weighted by Gasteiger charge is -2.41. The van der Waals surface area contributed by atoms with Gasteiger partial charge in [0.1, 0.15) is 12.1 Å². The third-order valence-corrected chi connectivity index (χ3v) is 13.6. The van der Waals surface area contributed by atoms with Crippen molar-refractivity contribution in [3.05, 3.63) is 70.6 Å². The van der Waals surface area contributed by atoms with Gasteiger partial charge in [0, 0.05) is 47.8 Å². The topological polar surface area (TPSA) is 130 Å². The second-order valence-corrected chi connectivity index (χ2v) is 17.7. The number of hydrogen-bond donors (Lipinski definition) is 3. The minimum atomic E-state index is -5.03. The third kappa shape index (κ3) is 7.42. The van der Waals surface area contributed by atoms with E-state index in [1.165, 1.54) is 29.8 Å². The maximum Gasteiger partial charge on any atom is 0.363 e. The van der Waals surface area contributed by atoms with E-state index in [0.29, 0.717) is 42.3 Å². The lowest BCUT2D eigenvalue weighted by atomic mass is 9.93. The van der Waals surface area contributed by atoms with Crippen LogP contribution in [0.2, 0.25) is 0 Å². The van der Waals surface area contributed by atoms with Crippen LogP contribution in [-0.2, 0) is 14.2 Å². The van der Waals surface area contributed by atoms with Gasteiger partial charge in [-0.1, -0.05) is 36.4 Å². The Balaban J connectivity index is 1.14. The maximum absolute atomic E-state index is 14.5. The summed E-state index contributed by atoms with van der Waals surface area (Å²) in [6.45, 7) is 0.751. The molecule has 10 nitrogen and oxygen atoms in total. The molecule has 4 heterocycles. The molecule has 4 fully saturated rings. The van der Waals surface area contributed by atoms with Gasteiger partial charge >= 0.3 is 7.60 Å². The molecular weight excluding hydrogens is 716 g/mol. The normalized spacial score (nSPS) is 26.5. The minimum Gasteiger partial charge on any atom is -0.340 e. The van der Waals surface area contributed by atoms with E-state index in [1.54, 1.807) is 11.9 Å². The maximum atomic E-state index is 14.5. The van der Waals surface area contributed by atoms with Crippen LogP contribution >= 0.6 is 18.9 Å². The first-order valence-corrected chi connectivity index (χ1v) is 20.4. The zero-order chi connectivity index (χ0) is 36.9. The van der Waals surface area contributed by atoms with Crippen LogP contribution in [0.15, 0.2) is 54.6 Å². The van der Waals surface area contributed by atoms with E-state index < -0.39 is 37.9 Å². The molecule has 6 atom stereocenters. The minimum absolute atomic E-state index is 0.0678. The average molecular weight is 761 g/mol. The largest absolute Gasteiger partial charge is 0.363 e. The Kier molecular flexibility index (Phi) is 10.3. The van der Waals surface area contributed by atoms with Crippen LogP contribution in [0, 0.1) is 0 Å². The number of rotatable bonds is 10. The molecule has 280 valence electrons. The fourth-order valence-corrected chi connectivity index (χ4v) is 10.2. The van der Waals surface area contributed by atoms with Gasteiger partial charge in [0.05, 0.1) is 4.88 Å². The summed E-state index contributed by atoms with van der Waals surface area (Å²) in [6, 6.07) is 13.6. The van der Waals surface area contributed by atoms with Crippen molar-refractivity contribution in [3.8, 4) is 0 Å². The molecule has 1 spiro atoms. The molecular formula is C37H44F3N4O6PS. The van der Waals surface area contributed by atoms with Crippen LogP contribution in [0.3, 0.4) is 0 Å². The number of alkyl halides is 3. The zero-order valence-corrected chi connectivity index (χ0v) is 30.6. The summed E-state index contributed by atoms with van der Waals surface area (Å²) in [4.78, 5) is 67.2.